The third kappa shape index (κ3) is 1.91. The zero-order chi connectivity index (χ0) is 12.8. The van der Waals surface area contributed by atoms with Crippen molar-refractivity contribution in [2.24, 2.45) is 5.92 Å². The molecule has 96 valence electrons. The Bertz CT molecular complexity index is 523. The number of benzene rings is 1. The lowest BCUT2D eigenvalue weighted by molar-refractivity contribution is -0.132. The highest BCUT2D eigenvalue weighted by Gasteiger charge is 2.43. The molecule has 1 aliphatic heterocycles. The topological polar surface area (TPSA) is 49.5 Å². The molecule has 1 aromatic carbocycles. The van der Waals surface area contributed by atoms with Crippen LogP contribution >= 0.6 is 0 Å². The molecule has 0 amide bonds. The maximum atomic E-state index is 10.2. The van der Waals surface area contributed by atoms with Crippen LogP contribution in [0.4, 0.5) is 0 Å². The predicted octanol–water partition coefficient (Wildman–Crippen LogP) is 2.03. The van der Waals surface area contributed by atoms with Gasteiger partial charge in [0.25, 0.3) is 0 Å². The zero-order valence-electron chi connectivity index (χ0n) is 10.8. The van der Waals surface area contributed by atoms with Crippen LogP contribution in [0.15, 0.2) is 28.7 Å². The van der Waals surface area contributed by atoms with Crippen LogP contribution in [0.2, 0.25) is 0 Å². The summed E-state index contributed by atoms with van der Waals surface area (Å²) < 4.78 is 5.67. The molecule has 0 unspecified atom stereocenters. The molecule has 1 aliphatic rings. The Morgan fingerprint density at radius 2 is 2.11 bits per heavy atom. The van der Waals surface area contributed by atoms with E-state index in [0.29, 0.717) is 19.6 Å². The number of hydrogen-bond acceptors (Lipinski definition) is 4. The van der Waals surface area contributed by atoms with Gasteiger partial charge in [-0.3, -0.25) is 4.90 Å². The summed E-state index contributed by atoms with van der Waals surface area (Å²) >= 11 is 0. The maximum absolute atomic E-state index is 10.2. The summed E-state index contributed by atoms with van der Waals surface area (Å²) in [5, 5.41) is 10.2. The molecule has 2 heterocycles. The first kappa shape index (κ1) is 11.7. The molecule has 0 atom stereocenters. The molecule has 4 heteroatoms. The quantitative estimate of drug-likeness (QED) is 0.900. The number of rotatable bonds is 3. The van der Waals surface area contributed by atoms with Gasteiger partial charge in [0.15, 0.2) is 5.58 Å². The highest BCUT2D eigenvalue weighted by Crippen LogP contribution is 2.30. The lowest BCUT2D eigenvalue weighted by atomic mass is 9.83. The molecule has 0 spiro atoms. The number of aliphatic hydroxyl groups is 1. The fraction of sp³-hybridized carbons (Fsp3) is 0.500. The minimum atomic E-state index is -0.536. The molecule has 3 rings (SSSR count). The third-order valence-corrected chi connectivity index (χ3v) is 3.77. The monoisotopic (exact) mass is 246 g/mol. The highest BCUT2D eigenvalue weighted by molar-refractivity contribution is 5.72. The molecule has 1 aromatic heterocycles. The van der Waals surface area contributed by atoms with Gasteiger partial charge in [0.2, 0.25) is 5.89 Å². The van der Waals surface area contributed by atoms with Gasteiger partial charge < -0.3 is 9.52 Å². The molecule has 1 fully saturated rings. The lowest BCUT2D eigenvalue weighted by Crippen LogP contribution is -2.63. The first-order valence-corrected chi connectivity index (χ1v) is 6.36. The second-order valence-electron chi connectivity index (χ2n) is 5.48. The van der Waals surface area contributed by atoms with E-state index in [-0.39, 0.29) is 5.92 Å². The van der Waals surface area contributed by atoms with Gasteiger partial charge in [-0.1, -0.05) is 26.0 Å². The molecule has 2 aromatic rings. The van der Waals surface area contributed by atoms with Crippen LogP contribution in [0.1, 0.15) is 19.7 Å². The van der Waals surface area contributed by atoms with Crippen molar-refractivity contribution in [2.45, 2.75) is 26.0 Å². The van der Waals surface area contributed by atoms with E-state index in [1.807, 2.05) is 24.3 Å². The van der Waals surface area contributed by atoms with E-state index in [2.05, 4.69) is 23.7 Å². The van der Waals surface area contributed by atoms with Crippen molar-refractivity contribution in [1.82, 2.24) is 9.88 Å². The minimum Gasteiger partial charge on any atom is -0.439 e. The summed E-state index contributed by atoms with van der Waals surface area (Å²) in [6, 6.07) is 7.77. The summed E-state index contributed by atoms with van der Waals surface area (Å²) in [4.78, 5) is 6.59. The first-order chi connectivity index (χ1) is 8.57. The molecule has 1 N–H and O–H groups in total. The van der Waals surface area contributed by atoms with E-state index < -0.39 is 5.60 Å². The van der Waals surface area contributed by atoms with Gasteiger partial charge in [0, 0.05) is 13.1 Å². The van der Waals surface area contributed by atoms with Crippen LogP contribution in [0.25, 0.3) is 11.1 Å². The van der Waals surface area contributed by atoms with Gasteiger partial charge in [-0.05, 0) is 18.1 Å². The van der Waals surface area contributed by atoms with Gasteiger partial charge >= 0.3 is 0 Å². The SMILES string of the molecule is CC(C)C1(O)CN(Cc2nc3ccccc3o2)C1. The Morgan fingerprint density at radius 3 is 2.78 bits per heavy atom. The number of oxazole rings is 1. The van der Waals surface area contributed by atoms with Gasteiger partial charge in [-0.2, -0.15) is 0 Å². The fourth-order valence-electron chi connectivity index (χ4n) is 2.38. The van der Waals surface area contributed by atoms with E-state index in [1.165, 1.54) is 0 Å². The average Bonchev–Trinajstić information content (AvgIpc) is 2.68. The number of para-hydroxylation sites is 2. The van der Waals surface area contributed by atoms with Crippen LogP contribution in [-0.4, -0.2) is 33.7 Å². The second-order valence-corrected chi connectivity index (χ2v) is 5.48. The second kappa shape index (κ2) is 4.07. The Balaban J connectivity index is 1.68. The van der Waals surface area contributed by atoms with Gasteiger partial charge in [-0.15, -0.1) is 0 Å². The number of β-amino-alcohol motifs (C(OH)–C–C–N with tert-alkyl or cyclic N) is 1. The van der Waals surface area contributed by atoms with Crippen LogP contribution in [0.3, 0.4) is 0 Å². The van der Waals surface area contributed by atoms with Crippen LogP contribution in [0, 0.1) is 5.92 Å². The zero-order valence-corrected chi connectivity index (χ0v) is 10.8. The maximum Gasteiger partial charge on any atom is 0.209 e. The molecular formula is C14H18N2O2. The van der Waals surface area contributed by atoms with Crippen molar-refractivity contribution in [3.63, 3.8) is 0 Å². The molecular weight excluding hydrogens is 228 g/mol. The van der Waals surface area contributed by atoms with Crippen molar-refractivity contribution in [3.8, 4) is 0 Å². The normalized spacial score (nSPS) is 19.3. The van der Waals surface area contributed by atoms with E-state index in [0.717, 1.165) is 17.0 Å². The molecule has 18 heavy (non-hydrogen) atoms. The summed E-state index contributed by atoms with van der Waals surface area (Å²) in [6.45, 7) is 6.17. The molecule has 0 aliphatic carbocycles. The van der Waals surface area contributed by atoms with Gasteiger partial charge in [0.05, 0.1) is 12.1 Å². The first-order valence-electron chi connectivity index (χ1n) is 6.36. The number of nitrogens with zero attached hydrogens (tertiary/aromatic N) is 2. The summed E-state index contributed by atoms with van der Waals surface area (Å²) in [6.07, 6.45) is 0. The molecule has 1 saturated heterocycles. The minimum absolute atomic E-state index is 0.289. The number of hydrogen-bond donors (Lipinski definition) is 1. The average molecular weight is 246 g/mol. The molecule has 0 radical (unpaired) electrons. The van der Waals surface area contributed by atoms with Crippen LogP contribution < -0.4 is 0 Å². The lowest BCUT2D eigenvalue weighted by Gasteiger charge is -2.48. The smallest absolute Gasteiger partial charge is 0.209 e. The van der Waals surface area contributed by atoms with Crippen molar-refractivity contribution >= 4 is 11.1 Å². The largest absolute Gasteiger partial charge is 0.439 e. The van der Waals surface area contributed by atoms with Crippen LogP contribution in [0.5, 0.6) is 0 Å². The predicted molar refractivity (Wildman–Crippen MR) is 69.1 cm³/mol. The Kier molecular flexibility index (Phi) is 2.64. The standard InChI is InChI=1S/C14H18N2O2/c1-10(2)14(17)8-16(9-14)7-13-15-11-5-3-4-6-12(11)18-13/h3-6,10,17H,7-9H2,1-2H3. The van der Waals surface area contributed by atoms with Crippen LogP contribution in [-0.2, 0) is 6.54 Å². The van der Waals surface area contributed by atoms with E-state index in [9.17, 15) is 5.11 Å². The van der Waals surface area contributed by atoms with Gasteiger partial charge in [-0.25, -0.2) is 4.98 Å². The van der Waals surface area contributed by atoms with Crippen molar-refractivity contribution in [2.75, 3.05) is 13.1 Å². The third-order valence-electron chi connectivity index (χ3n) is 3.77. The molecule has 0 saturated carbocycles. The Hall–Kier alpha value is -1.39. The van der Waals surface area contributed by atoms with E-state index >= 15 is 0 Å². The van der Waals surface area contributed by atoms with E-state index in [1.54, 1.807) is 0 Å². The Morgan fingerprint density at radius 1 is 1.39 bits per heavy atom. The van der Waals surface area contributed by atoms with Crippen molar-refractivity contribution in [1.29, 1.82) is 0 Å². The van der Waals surface area contributed by atoms with Gasteiger partial charge in [0.1, 0.15) is 5.52 Å². The molecule has 4 nitrogen and oxygen atoms in total. The van der Waals surface area contributed by atoms with Crippen molar-refractivity contribution in [3.05, 3.63) is 30.2 Å². The summed E-state index contributed by atoms with van der Waals surface area (Å²) in [7, 11) is 0. The summed E-state index contributed by atoms with van der Waals surface area (Å²) in [5.41, 5.74) is 1.19. The number of fused-ring (bicyclic) bond motifs is 1. The number of likely N-dealkylation sites (tertiary alicyclic amines) is 1. The van der Waals surface area contributed by atoms with Crippen molar-refractivity contribution < 1.29 is 9.52 Å². The highest BCUT2D eigenvalue weighted by atomic mass is 16.3. The number of aromatic nitrogens is 1. The Labute approximate surface area is 106 Å². The molecule has 0 bridgehead atoms. The van der Waals surface area contributed by atoms with E-state index in [4.69, 9.17) is 4.42 Å². The summed E-state index contributed by atoms with van der Waals surface area (Å²) in [5.74, 6) is 1.01. The fourth-order valence-corrected chi connectivity index (χ4v) is 2.38.